The summed E-state index contributed by atoms with van der Waals surface area (Å²) in [7, 11) is 0. The molecule has 2 heteroatoms. The first-order chi connectivity index (χ1) is 28.7. The predicted molar refractivity (Wildman–Crippen MR) is 241 cm³/mol. The largest absolute Gasteiger partial charge is 0.457 e. The minimum Gasteiger partial charge on any atom is -0.457 e. The summed E-state index contributed by atoms with van der Waals surface area (Å²) in [5.41, 5.74) is 15.3. The lowest BCUT2D eigenvalue weighted by Gasteiger charge is -2.43. The number of nitrogens with zero attached hydrogens (tertiary/aromatic N) is 1. The van der Waals surface area contributed by atoms with E-state index in [1.165, 1.54) is 44.5 Å². The van der Waals surface area contributed by atoms with E-state index in [0.29, 0.717) is 0 Å². The van der Waals surface area contributed by atoms with Gasteiger partial charge < -0.3 is 9.64 Å². The molecule has 0 fully saturated rings. The van der Waals surface area contributed by atoms with Gasteiger partial charge >= 0.3 is 0 Å². The first-order valence-corrected chi connectivity index (χ1v) is 19.9. The van der Waals surface area contributed by atoms with E-state index >= 15 is 0 Å². The number of rotatable bonds is 6. The summed E-state index contributed by atoms with van der Waals surface area (Å²) in [6, 6.07) is 71.6. The van der Waals surface area contributed by atoms with E-state index in [1.807, 2.05) is 0 Å². The molecule has 0 saturated heterocycles. The Bertz CT molecular complexity index is 2790. The van der Waals surface area contributed by atoms with Gasteiger partial charge in [0.25, 0.3) is 0 Å². The van der Waals surface area contributed by atoms with Crippen LogP contribution < -0.4 is 9.64 Å². The number of anilines is 3. The van der Waals surface area contributed by atoms with Crippen LogP contribution in [0.2, 0.25) is 0 Å². The van der Waals surface area contributed by atoms with Gasteiger partial charge in [-0.1, -0.05) is 189 Å². The molecule has 58 heavy (non-hydrogen) atoms. The summed E-state index contributed by atoms with van der Waals surface area (Å²) >= 11 is 0. The Morgan fingerprint density at radius 3 is 1.53 bits per heavy atom. The summed E-state index contributed by atoms with van der Waals surface area (Å²) in [5, 5.41) is 0. The number of hydrogen-bond donors (Lipinski definition) is 0. The fourth-order valence-corrected chi connectivity index (χ4v) is 8.97. The Kier molecular flexibility index (Phi) is 9.01. The SMILES string of the molecule is C=C1/C=C\C=C/Cc2c(N(c3ccc(-c4ccccc4)cc3)c3ccc(-c4ccccc4-c4ccccc4)cc3)cccc2C12c1ccccc1Oc1ccccc12. The fourth-order valence-electron chi connectivity index (χ4n) is 8.97. The third-order valence-corrected chi connectivity index (χ3v) is 11.6. The molecule has 0 amide bonds. The molecule has 0 unspecified atom stereocenters. The second kappa shape index (κ2) is 14.9. The van der Waals surface area contributed by atoms with Gasteiger partial charge in [-0.15, -0.1) is 0 Å². The predicted octanol–water partition coefficient (Wildman–Crippen LogP) is 14.8. The van der Waals surface area contributed by atoms with E-state index in [9.17, 15) is 0 Å². The lowest BCUT2D eigenvalue weighted by Crippen LogP contribution is -2.35. The van der Waals surface area contributed by atoms with Gasteiger partial charge in [0.05, 0.1) is 5.41 Å². The number of hydrogen-bond acceptors (Lipinski definition) is 2. The second-order valence-corrected chi connectivity index (χ2v) is 14.9. The zero-order valence-electron chi connectivity index (χ0n) is 32.1. The maximum atomic E-state index is 6.63. The standard InChI is InChI=1S/C56H41NO/c1-40-18-5-2-10-25-49-50(56(40)51-26-13-15-30-54(51)58-55-31-16-14-27-52(55)56)28-17-29-53(49)57(45-36-32-42(33-37-45)41-19-6-3-7-20-41)46-38-34-44(35-39-46)48-24-12-11-23-47(48)43-21-8-4-9-22-43/h2-24,26-39H,1,25H2/b10-2-,18-5-. The maximum absolute atomic E-state index is 6.63. The van der Waals surface area contributed by atoms with Gasteiger partial charge in [-0.2, -0.15) is 0 Å². The Balaban J connectivity index is 1.19. The minimum absolute atomic E-state index is 0.701. The van der Waals surface area contributed by atoms with Crippen LogP contribution in [0.4, 0.5) is 17.1 Å². The van der Waals surface area contributed by atoms with E-state index in [2.05, 4.69) is 229 Å². The van der Waals surface area contributed by atoms with Crippen LogP contribution in [0.1, 0.15) is 22.3 Å². The van der Waals surface area contributed by atoms with Crippen LogP contribution in [-0.2, 0) is 11.8 Å². The topological polar surface area (TPSA) is 12.5 Å². The zero-order chi connectivity index (χ0) is 38.9. The quantitative estimate of drug-likeness (QED) is 0.168. The van der Waals surface area contributed by atoms with E-state index in [4.69, 9.17) is 11.3 Å². The molecule has 276 valence electrons. The molecule has 8 aromatic carbocycles. The average molecular weight is 744 g/mol. The summed E-state index contributed by atoms with van der Waals surface area (Å²) in [6.45, 7) is 4.84. The van der Waals surface area contributed by atoms with Gasteiger partial charge in [0, 0.05) is 28.2 Å². The molecule has 8 aromatic rings. The summed E-state index contributed by atoms with van der Waals surface area (Å²) in [6.07, 6.45) is 9.44. The smallest absolute Gasteiger partial charge is 0.132 e. The maximum Gasteiger partial charge on any atom is 0.132 e. The number of fused-ring (bicyclic) bond motifs is 6. The van der Waals surface area contributed by atoms with Crippen LogP contribution in [0.3, 0.4) is 0 Å². The van der Waals surface area contributed by atoms with Crippen molar-refractivity contribution >= 4 is 17.1 Å². The summed E-state index contributed by atoms with van der Waals surface area (Å²) in [4.78, 5) is 2.42. The van der Waals surface area contributed by atoms with E-state index in [1.54, 1.807) is 0 Å². The molecule has 0 saturated carbocycles. The normalized spacial score (nSPS) is 14.7. The van der Waals surface area contributed by atoms with Crippen LogP contribution in [0.5, 0.6) is 11.5 Å². The number of ether oxygens (including phenoxy) is 1. The summed E-state index contributed by atoms with van der Waals surface area (Å²) in [5.74, 6) is 1.69. The van der Waals surface area contributed by atoms with Gasteiger partial charge in [-0.05, 0) is 99.0 Å². The van der Waals surface area contributed by atoms with Crippen LogP contribution in [0, 0.1) is 0 Å². The van der Waals surface area contributed by atoms with Crippen molar-refractivity contribution in [3.8, 4) is 44.9 Å². The molecule has 0 N–H and O–H groups in total. The van der Waals surface area contributed by atoms with E-state index in [-0.39, 0.29) is 0 Å². The Labute approximate surface area is 341 Å². The first kappa shape index (κ1) is 35.0. The molecule has 0 aromatic heterocycles. The highest BCUT2D eigenvalue weighted by atomic mass is 16.5. The van der Waals surface area contributed by atoms with Crippen molar-refractivity contribution in [1.82, 2.24) is 0 Å². The molecule has 0 bridgehead atoms. The molecule has 1 aliphatic heterocycles. The highest BCUT2D eigenvalue weighted by Gasteiger charge is 2.46. The fraction of sp³-hybridized carbons (Fsp3) is 0.0357. The number of para-hydroxylation sites is 2. The van der Waals surface area contributed by atoms with Crippen molar-refractivity contribution in [2.24, 2.45) is 0 Å². The minimum atomic E-state index is -0.701. The van der Waals surface area contributed by atoms with Crippen molar-refractivity contribution in [3.63, 3.8) is 0 Å². The number of benzene rings is 8. The molecular weight excluding hydrogens is 703 g/mol. The van der Waals surface area contributed by atoms with Crippen molar-refractivity contribution in [2.75, 3.05) is 4.90 Å². The molecule has 0 radical (unpaired) electrons. The molecule has 0 atom stereocenters. The lowest BCUT2D eigenvalue weighted by molar-refractivity contribution is 0.434. The molecule has 1 aliphatic carbocycles. The zero-order valence-corrected chi connectivity index (χ0v) is 32.1. The number of allylic oxidation sites excluding steroid dienone is 5. The highest BCUT2D eigenvalue weighted by molar-refractivity contribution is 5.87. The van der Waals surface area contributed by atoms with Crippen molar-refractivity contribution in [1.29, 1.82) is 0 Å². The molecule has 2 aliphatic rings. The van der Waals surface area contributed by atoms with Gasteiger partial charge in [0.2, 0.25) is 0 Å². The Hall–Kier alpha value is -7.42. The highest BCUT2D eigenvalue weighted by Crippen LogP contribution is 2.57. The van der Waals surface area contributed by atoms with Gasteiger partial charge in [0.1, 0.15) is 11.5 Å². The molecule has 10 rings (SSSR count). The van der Waals surface area contributed by atoms with Crippen LogP contribution in [0.25, 0.3) is 33.4 Å². The molecule has 1 spiro atoms. The monoisotopic (exact) mass is 743 g/mol. The Morgan fingerprint density at radius 2 is 0.914 bits per heavy atom. The van der Waals surface area contributed by atoms with Gasteiger partial charge in [-0.25, -0.2) is 0 Å². The molecule has 1 heterocycles. The van der Waals surface area contributed by atoms with Crippen molar-refractivity contribution in [3.05, 3.63) is 259 Å². The van der Waals surface area contributed by atoms with E-state index in [0.717, 1.165) is 51.7 Å². The molecule has 2 nitrogen and oxygen atoms in total. The first-order valence-electron chi connectivity index (χ1n) is 19.9. The van der Waals surface area contributed by atoms with Crippen molar-refractivity contribution < 1.29 is 4.74 Å². The summed E-state index contributed by atoms with van der Waals surface area (Å²) < 4.78 is 6.63. The third kappa shape index (κ3) is 5.98. The van der Waals surface area contributed by atoms with Crippen molar-refractivity contribution in [2.45, 2.75) is 11.8 Å². The van der Waals surface area contributed by atoms with Crippen LogP contribution in [0.15, 0.2) is 237 Å². The van der Waals surface area contributed by atoms with Gasteiger partial charge in [0.15, 0.2) is 0 Å². The Morgan fingerprint density at radius 1 is 0.431 bits per heavy atom. The van der Waals surface area contributed by atoms with E-state index < -0.39 is 5.41 Å². The third-order valence-electron chi connectivity index (χ3n) is 11.6. The lowest BCUT2D eigenvalue weighted by atomic mass is 9.62. The second-order valence-electron chi connectivity index (χ2n) is 14.9. The van der Waals surface area contributed by atoms with Gasteiger partial charge in [-0.3, -0.25) is 0 Å². The van der Waals surface area contributed by atoms with Crippen LogP contribution in [-0.4, -0.2) is 0 Å². The average Bonchev–Trinajstić information content (AvgIpc) is 3.36. The van der Waals surface area contributed by atoms with Crippen LogP contribution >= 0.6 is 0 Å². The molecular formula is C56H41NO.